The lowest BCUT2D eigenvalue weighted by atomic mass is 9.86. The van der Waals surface area contributed by atoms with Crippen molar-refractivity contribution < 1.29 is 14.2 Å². The molecule has 0 radical (unpaired) electrons. The van der Waals surface area contributed by atoms with E-state index in [4.69, 9.17) is 27.8 Å². The van der Waals surface area contributed by atoms with Gasteiger partial charge in [0, 0.05) is 16.1 Å². The van der Waals surface area contributed by atoms with Gasteiger partial charge in [0.15, 0.2) is 0 Å². The Kier molecular flexibility index (Phi) is 4.10. The minimum Gasteiger partial charge on any atom is -0.479 e. The summed E-state index contributed by atoms with van der Waals surface area (Å²) in [6.45, 7) is 0. The van der Waals surface area contributed by atoms with Crippen molar-refractivity contribution in [3.05, 3.63) is 70.7 Å². The third-order valence-corrected chi connectivity index (χ3v) is 3.41. The zero-order valence-corrected chi connectivity index (χ0v) is 11.2. The molecule has 19 heavy (non-hydrogen) atoms. The SMILES string of the molecule is O=C(O)C(OCl)(c1ccccc1)c1ccccc1Cl. The summed E-state index contributed by atoms with van der Waals surface area (Å²) >= 11 is 11.6. The van der Waals surface area contributed by atoms with Crippen molar-refractivity contribution in [1.29, 1.82) is 0 Å². The average molecular weight is 297 g/mol. The second-order valence-corrected chi connectivity index (χ2v) is 4.47. The van der Waals surface area contributed by atoms with E-state index in [1.54, 1.807) is 54.6 Å². The molecule has 0 saturated carbocycles. The van der Waals surface area contributed by atoms with Crippen LogP contribution in [0.4, 0.5) is 0 Å². The second kappa shape index (κ2) is 5.61. The first kappa shape index (κ1) is 13.9. The third kappa shape index (κ3) is 2.32. The zero-order valence-electron chi connectivity index (χ0n) is 9.72. The Labute approximate surface area is 120 Å². The Morgan fingerprint density at radius 2 is 1.63 bits per heavy atom. The van der Waals surface area contributed by atoms with Crippen molar-refractivity contribution in [2.24, 2.45) is 0 Å². The van der Waals surface area contributed by atoms with E-state index in [-0.39, 0.29) is 10.6 Å². The molecule has 0 fully saturated rings. The first-order valence-corrected chi connectivity index (χ1v) is 6.15. The van der Waals surface area contributed by atoms with E-state index in [2.05, 4.69) is 0 Å². The molecule has 0 bridgehead atoms. The van der Waals surface area contributed by atoms with Gasteiger partial charge in [-0.15, -0.1) is 0 Å². The first-order chi connectivity index (χ1) is 9.13. The molecule has 0 heterocycles. The van der Waals surface area contributed by atoms with Gasteiger partial charge in [-0.1, -0.05) is 60.1 Å². The lowest BCUT2D eigenvalue weighted by Gasteiger charge is -2.27. The molecule has 1 N–H and O–H groups in total. The van der Waals surface area contributed by atoms with E-state index in [1.165, 1.54) is 0 Å². The van der Waals surface area contributed by atoms with Crippen molar-refractivity contribution in [1.82, 2.24) is 0 Å². The summed E-state index contributed by atoms with van der Waals surface area (Å²) in [5.74, 6) is -1.23. The minimum absolute atomic E-state index is 0.273. The van der Waals surface area contributed by atoms with E-state index in [0.717, 1.165) is 0 Å². The molecule has 2 aromatic carbocycles. The van der Waals surface area contributed by atoms with Crippen LogP contribution in [0.3, 0.4) is 0 Å². The molecule has 0 aliphatic carbocycles. The Morgan fingerprint density at radius 3 is 2.16 bits per heavy atom. The summed E-state index contributed by atoms with van der Waals surface area (Å²) < 4.78 is 4.84. The molecule has 1 unspecified atom stereocenters. The fraction of sp³-hybridized carbons (Fsp3) is 0.0714. The number of carboxylic acids is 1. The molecule has 3 nitrogen and oxygen atoms in total. The maximum atomic E-state index is 11.7. The van der Waals surface area contributed by atoms with Crippen LogP contribution in [0.25, 0.3) is 0 Å². The van der Waals surface area contributed by atoms with Crippen molar-refractivity contribution in [2.75, 3.05) is 0 Å². The third-order valence-electron chi connectivity index (χ3n) is 2.85. The monoisotopic (exact) mass is 296 g/mol. The maximum Gasteiger partial charge on any atom is 0.347 e. The Hall–Kier alpha value is -1.55. The highest BCUT2D eigenvalue weighted by molar-refractivity contribution is 6.31. The van der Waals surface area contributed by atoms with Gasteiger partial charge in [-0.3, -0.25) is 4.29 Å². The highest BCUT2D eigenvalue weighted by Gasteiger charge is 2.45. The molecular weight excluding hydrogens is 287 g/mol. The van der Waals surface area contributed by atoms with Crippen LogP contribution in [0, 0.1) is 0 Å². The summed E-state index contributed by atoms with van der Waals surface area (Å²) in [5, 5.41) is 9.86. The minimum atomic E-state index is -1.83. The van der Waals surface area contributed by atoms with Crippen LogP contribution in [0.5, 0.6) is 0 Å². The highest BCUT2D eigenvalue weighted by Crippen LogP contribution is 2.38. The summed E-state index contributed by atoms with van der Waals surface area (Å²) in [6.07, 6.45) is 0. The normalized spacial score (nSPS) is 13.8. The molecule has 0 saturated heterocycles. The van der Waals surface area contributed by atoms with Crippen LogP contribution in [-0.4, -0.2) is 11.1 Å². The lowest BCUT2D eigenvalue weighted by Crippen LogP contribution is -2.38. The van der Waals surface area contributed by atoms with Gasteiger partial charge in [-0.25, -0.2) is 4.79 Å². The molecule has 98 valence electrons. The van der Waals surface area contributed by atoms with E-state index in [9.17, 15) is 9.90 Å². The predicted molar refractivity (Wildman–Crippen MR) is 73.2 cm³/mol. The number of rotatable bonds is 4. The van der Waals surface area contributed by atoms with Crippen LogP contribution in [0.15, 0.2) is 54.6 Å². The van der Waals surface area contributed by atoms with Gasteiger partial charge < -0.3 is 5.11 Å². The average Bonchev–Trinajstić information content (AvgIpc) is 2.43. The topological polar surface area (TPSA) is 46.5 Å². The van der Waals surface area contributed by atoms with E-state index in [0.29, 0.717) is 5.56 Å². The first-order valence-electron chi connectivity index (χ1n) is 5.46. The van der Waals surface area contributed by atoms with Gasteiger partial charge in [0.1, 0.15) is 0 Å². The Bertz CT molecular complexity index is 586. The van der Waals surface area contributed by atoms with Crippen LogP contribution >= 0.6 is 23.5 Å². The number of halogens is 2. The molecule has 0 amide bonds. The van der Waals surface area contributed by atoms with Crippen LogP contribution in [-0.2, 0) is 14.7 Å². The smallest absolute Gasteiger partial charge is 0.347 e. The van der Waals surface area contributed by atoms with Crippen LogP contribution in [0.2, 0.25) is 5.02 Å². The molecule has 5 heteroatoms. The second-order valence-electron chi connectivity index (χ2n) is 3.91. The number of hydrogen-bond donors (Lipinski definition) is 1. The molecule has 0 aliphatic rings. The Balaban J connectivity index is 2.73. The molecule has 0 spiro atoms. The highest BCUT2D eigenvalue weighted by atomic mass is 35.5. The van der Waals surface area contributed by atoms with E-state index in [1.807, 2.05) is 0 Å². The lowest BCUT2D eigenvalue weighted by molar-refractivity contribution is -0.152. The van der Waals surface area contributed by atoms with Gasteiger partial charge in [-0.05, 0) is 6.07 Å². The number of carboxylic acid groups (broad SMARTS) is 1. The van der Waals surface area contributed by atoms with E-state index >= 15 is 0 Å². The predicted octanol–water partition coefficient (Wildman–Crippen LogP) is 3.84. The van der Waals surface area contributed by atoms with Gasteiger partial charge in [0.2, 0.25) is 5.60 Å². The zero-order chi connectivity index (χ0) is 13.9. The summed E-state index contributed by atoms with van der Waals surface area (Å²) in [7, 11) is 0. The molecule has 2 rings (SSSR count). The van der Waals surface area contributed by atoms with Gasteiger partial charge in [0.05, 0.1) is 11.9 Å². The molecule has 1 atom stereocenters. The van der Waals surface area contributed by atoms with Crippen molar-refractivity contribution in [2.45, 2.75) is 5.60 Å². The molecule has 2 aromatic rings. The van der Waals surface area contributed by atoms with E-state index < -0.39 is 11.6 Å². The fourth-order valence-electron chi connectivity index (χ4n) is 1.93. The standard InChI is InChI=1S/C14H10Cl2O3/c15-12-9-5-4-8-11(12)14(19-16,13(17)18)10-6-2-1-3-7-10/h1-9H,(H,17,18). The quantitative estimate of drug-likeness (QED) is 0.932. The summed E-state index contributed by atoms with van der Waals surface area (Å²) in [5.41, 5.74) is -1.16. The molecular formula is C14H10Cl2O3. The van der Waals surface area contributed by atoms with Crippen molar-refractivity contribution >= 4 is 29.4 Å². The number of aliphatic carboxylic acids is 1. The van der Waals surface area contributed by atoms with Crippen LogP contribution < -0.4 is 0 Å². The van der Waals surface area contributed by atoms with Crippen molar-refractivity contribution in [3.63, 3.8) is 0 Å². The number of hydrogen-bond acceptors (Lipinski definition) is 2. The molecule has 0 aromatic heterocycles. The fourth-order valence-corrected chi connectivity index (χ4v) is 2.44. The van der Waals surface area contributed by atoms with Gasteiger partial charge in [-0.2, -0.15) is 0 Å². The summed E-state index contributed by atoms with van der Waals surface area (Å²) in [4.78, 5) is 11.7. The van der Waals surface area contributed by atoms with Crippen LogP contribution in [0.1, 0.15) is 11.1 Å². The Morgan fingerprint density at radius 1 is 1.05 bits per heavy atom. The largest absolute Gasteiger partial charge is 0.479 e. The van der Waals surface area contributed by atoms with Gasteiger partial charge >= 0.3 is 5.97 Å². The van der Waals surface area contributed by atoms with Crippen molar-refractivity contribution in [3.8, 4) is 0 Å². The summed E-state index contributed by atoms with van der Waals surface area (Å²) in [6, 6.07) is 15.0. The molecule has 0 aliphatic heterocycles. The number of benzene rings is 2. The maximum absolute atomic E-state index is 11.7. The number of carbonyl (C=O) groups is 1. The van der Waals surface area contributed by atoms with Gasteiger partial charge in [0.25, 0.3) is 0 Å².